The molecule has 8 nitrogen and oxygen atoms in total. The first-order valence-electron chi connectivity index (χ1n) is 10.6. The maximum absolute atomic E-state index is 13.5. The molecule has 0 saturated heterocycles. The van der Waals surface area contributed by atoms with Gasteiger partial charge >= 0.3 is 5.69 Å². The minimum atomic E-state index is -0.640. The van der Waals surface area contributed by atoms with Crippen molar-refractivity contribution in [3.63, 3.8) is 0 Å². The lowest BCUT2D eigenvalue weighted by atomic mass is 10.1. The molecule has 0 aromatic carbocycles. The van der Waals surface area contributed by atoms with Crippen LogP contribution in [0.2, 0.25) is 0 Å². The van der Waals surface area contributed by atoms with Crippen LogP contribution in [-0.2, 0) is 13.0 Å². The Balaban J connectivity index is 2.58. The van der Waals surface area contributed by atoms with Crippen molar-refractivity contribution in [2.45, 2.75) is 73.3 Å². The third kappa shape index (κ3) is 5.38. The Labute approximate surface area is 181 Å². The summed E-state index contributed by atoms with van der Waals surface area (Å²) in [5.74, 6) is 0.0564. The van der Waals surface area contributed by atoms with Gasteiger partial charge in [0, 0.05) is 13.1 Å². The number of amides is 1. The number of thiazole rings is 1. The van der Waals surface area contributed by atoms with Crippen molar-refractivity contribution in [2.24, 2.45) is 5.92 Å². The fourth-order valence-electron chi connectivity index (χ4n) is 3.17. The minimum Gasteiger partial charge on any atom is -0.383 e. The first-order valence-corrected chi connectivity index (χ1v) is 11.4. The van der Waals surface area contributed by atoms with Crippen molar-refractivity contribution in [1.82, 2.24) is 14.5 Å². The number of nitrogens with two attached hydrogens (primary N) is 1. The van der Waals surface area contributed by atoms with Gasteiger partial charge in [0.1, 0.15) is 10.7 Å². The monoisotopic (exact) mass is 435 g/mol. The topological polar surface area (TPSA) is 114 Å². The van der Waals surface area contributed by atoms with E-state index in [0.29, 0.717) is 36.0 Å². The number of carbonyl (C=O) groups is 1. The van der Waals surface area contributed by atoms with E-state index in [1.165, 1.54) is 20.8 Å². The molecule has 2 aromatic heterocycles. The molecule has 0 aliphatic rings. The van der Waals surface area contributed by atoms with Gasteiger partial charge in [-0.2, -0.15) is 0 Å². The highest BCUT2D eigenvalue weighted by Gasteiger charge is 2.28. The fraction of sp³-hybridized carbons (Fsp3) is 0.619. The van der Waals surface area contributed by atoms with Gasteiger partial charge in [-0.3, -0.25) is 24.0 Å². The molecule has 0 bridgehead atoms. The van der Waals surface area contributed by atoms with E-state index in [0.717, 1.165) is 30.7 Å². The molecule has 2 heterocycles. The van der Waals surface area contributed by atoms with Crippen molar-refractivity contribution in [2.75, 3.05) is 17.2 Å². The fourth-order valence-corrected chi connectivity index (χ4v) is 4.29. The number of nitrogens with one attached hydrogen (secondary N) is 1. The van der Waals surface area contributed by atoms with E-state index in [-0.39, 0.29) is 17.4 Å². The van der Waals surface area contributed by atoms with E-state index in [1.54, 1.807) is 6.92 Å². The number of nitrogens with zero attached hydrogens (tertiary/aromatic N) is 3. The summed E-state index contributed by atoms with van der Waals surface area (Å²) in [7, 11) is 0. The third-order valence-corrected chi connectivity index (χ3v) is 6.10. The number of rotatable bonds is 10. The van der Waals surface area contributed by atoms with E-state index in [9.17, 15) is 14.4 Å². The molecule has 30 heavy (non-hydrogen) atoms. The normalized spacial score (nSPS) is 11.3. The number of nitrogen functional groups attached to an aromatic ring is 1. The van der Waals surface area contributed by atoms with E-state index >= 15 is 0 Å². The number of H-pyrrole nitrogens is 1. The van der Waals surface area contributed by atoms with Crippen LogP contribution < -0.4 is 21.9 Å². The number of hydrogen-bond donors (Lipinski definition) is 2. The number of aromatic nitrogens is 3. The van der Waals surface area contributed by atoms with Crippen LogP contribution in [0.5, 0.6) is 0 Å². The molecule has 0 spiro atoms. The second-order valence-corrected chi connectivity index (χ2v) is 8.99. The molecule has 0 radical (unpaired) electrons. The van der Waals surface area contributed by atoms with E-state index in [1.807, 2.05) is 6.92 Å². The zero-order valence-electron chi connectivity index (χ0n) is 18.6. The Bertz CT molecular complexity index is 990. The summed E-state index contributed by atoms with van der Waals surface area (Å²) in [6.07, 6.45) is 4.04. The highest BCUT2D eigenvalue weighted by Crippen LogP contribution is 2.26. The summed E-state index contributed by atoms with van der Waals surface area (Å²) in [5.41, 5.74) is 5.78. The van der Waals surface area contributed by atoms with Crippen molar-refractivity contribution in [3.8, 4) is 0 Å². The van der Waals surface area contributed by atoms with Crippen molar-refractivity contribution < 1.29 is 4.79 Å². The lowest BCUT2D eigenvalue weighted by Crippen LogP contribution is -2.42. The number of hydrogen-bond acceptors (Lipinski definition) is 6. The van der Waals surface area contributed by atoms with Gasteiger partial charge < -0.3 is 5.73 Å². The Kier molecular flexibility index (Phi) is 8.40. The minimum absolute atomic E-state index is 0.0326. The molecule has 3 N–H and O–H groups in total. The molecule has 0 unspecified atom stereocenters. The highest BCUT2D eigenvalue weighted by atomic mass is 32.1. The summed E-state index contributed by atoms with van der Waals surface area (Å²) in [6.45, 7) is 10.7. The van der Waals surface area contributed by atoms with Gasteiger partial charge in [0.2, 0.25) is 0 Å². The van der Waals surface area contributed by atoms with Gasteiger partial charge in [-0.25, -0.2) is 9.78 Å². The highest BCUT2D eigenvalue weighted by molar-refractivity contribution is 7.14. The second-order valence-electron chi connectivity index (χ2n) is 7.91. The number of unbranched alkanes of at least 4 members (excludes halogenated alkanes) is 1. The molecule has 0 aliphatic carbocycles. The summed E-state index contributed by atoms with van der Waals surface area (Å²) >= 11 is 1.36. The van der Waals surface area contributed by atoms with E-state index in [2.05, 4.69) is 30.7 Å². The van der Waals surface area contributed by atoms with Crippen LogP contribution in [-0.4, -0.2) is 27.0 Å². The molecule has 0 saturated carbocycles. The number of carbonyl (C=O) groups excluding carboxylic acids is 1. The largest absolute Gasteiger partial charge is 0.383 e. The van der Waals surface area contributed by atoms with Crippen molar-refractivity contribution in [3.05, 3.63) is 36.4 Å². The lowest BCUT2D eigenvalue weighted by molar-refractivity contribution is 0.0988. The van der Waals surface area contributed by atoms with E-state index in [4.69, 9.17) is 5.73 Å². The molecule has 166 valence electrons. The molecule has 2 aromatic rings. The summed E-state index contributed by atoms with van der Waals surface area (Å²) in [4.78, 5) is 47.3. The number of aromatic amines is 1. The summed E-state index contributed by atoms with van der Waals surface area (Å²) < 4.78 is 1.35. The smallest absolute Gasteiger partial charge is 0.330 e. The molecule has 9 heteroatoms. The average molecular weight is 436 g/mol. The van der Waals surface area contributed by atoms with Crippen molar-refractivity contribution >= 4 is 28.7 Å². The van der Waals surface area contributed by atoms with Crippen LogP contribution in [0.4, 0.5) is 11.5 Å². The van der Waals surface area contributed by atoms with Gasteiger partial charge in [0.25, 0.3) is 11.5 Å². The van der Waals surface area contributed by atoms with E-state index < -0.39 is 11.2 Å². The molecule has 1 amide bonds. The second kappa shape index (κ2) is 10.6. The van der Waals surface area contributed by atoms with Crippen LogP contribution in [0.25, 0.3) is 0 Å². The quantitative estimate of drug-likeness (QED) is 0.594. The van der Waals surface area contributed by atoms with Crippen LogP contribution in [0.3, 0.4) is 0 Å². The Morgan fingerprint density at radius 1 is 1.27 bits per heavy atom. The number of anilines is 2. The zero-order valence-corrected chi connectivity index (χ0v) is 19.4. The Hall–Kier alpha value is -2.42. The lowest BCUT2D eigenvalue weighted by Gasteiger charge is -2.25. The number of aryl methyl sites for hydroxylation is 2. The third-order valence-electron chi connectivity index (χ3n) is 4.89. The van der Waals surface area contributed by atoms with Gasteiger partial charge in [-0.1, -0.05) is 34.1 Å². The first-order chi connectivity index (χ1) is 14.2. The van der Waals surface area contributed by atoms with Gasteiger partial charge in [-0.05, 0) is 38.5 Å². The molecule has 0 aliphatic heterocycles. The Morgan fingerprint density at radius 3 is 2.57 bits per heavy atom. The van der Waals surface area contributed by atoms with Gasteiger partial charge in [0.05, 0.1) is 10.7 Å². The maximum atomic E-state index is 13.5. The van der Waals surface area contributed by atoms with Gasteiger partial charge in [0.15, 0.2) is 5.69 Å². The van der Waals surface area contributed by atoms with Crippen LogP contribution >= 0.6 is 11.3 Å². The summed E-state index contributed by atoms with van der Waals surface area (Å²) in [5, 5.41) is 0.900. The SMILES string of the molecule is CCCCn1c(N)c(N(CCC(C)C)C(=O)c2sc(CCC)nc2C)c(=O)[nH]c1=O. The van der Waals surface area contributed by atoms with Crippen molar-refractivity contribution in [1.29, 1.82) is 0 Å². The average Bonchev–Trinajstić information content (AvgIpc) is 3.03. The van der Waals surface area contributed by atoms with Crippen LogP contribution in [0.1, 0.15) is 73.8 Å². The molecule has 0 atom stereocenters. The molecular weight excluding hydrogens is 402 g/mol. The van der Waals surface area contributed by atoms with Crippen LogP contribution in [0, 0.1) is 12.8 Å². The molecule has 0 fully saturated rings. The summed E-state index contributed by atoms with van der Waals surface area (Å²) in [6, 6.07) is 0. The molecule has 2 rings (SSSR count). The molecular formula is C21H33N5O3S. The predicted molar refractivity (Wildman–Crippen MR) is 123 cm³/mol. The first kappa shape index (κ1) is 23.9. The van der Waals surface area contributed by atoms with Gasteiger partial charge in [-0.15, -0.1) is 11.3 Å². The standard InChI is InChI=1S/C21H33N5O3S/c1-6-8-11-26-18(22)16(19(27)24-21(26)29)25(12-10-13(3)4)20(28)17-14(5)23-15(30-17)9-7-2/h13H,6-12,22H2,1-5H3,(H,24,27,29). The zero-order chi connectivity index (χ0) is 22.4. The van der Waals surface area contributed by atoms with Crippen LogP contribution in [0.15, 0.2) is 9.59 Å². The predicted octanol–water partition coefficient (Wildman–Crippen LogP) is 3.33. The Morgan fingerprint density at radius 2 is 1.97 bits per heavy atom. The maximum Gasteiger partial charge on any atom is 0.330 e.